The molecule has 0 spiro atoms. The summed E-state index contributed by atoms with van der Waals surface area (Å²) in [4.78, 5) is 28.0. The van der Waals surface area contributed by atoms with Crippen molar-refractivity contribution in [2.45, 2.75) is 106 Å². The van der Waals surface area contributed by atoms with E-state index in [9.17, 15) is 14.7 Å². The molecule has 5 aliphatic carbocycles. The number of morpholine rings is 1. The number of benzene rings is 1. The van der Waals surface area contributed by atoms with E-state index in [-0.39, 0.29) is 27.1 Å². The van der Waals surface area contributed by atoms with Crippen LogP contribution in [0.15, 0.2) is 43.0 Å². The highest BCUT2D eigenvalue weighted by Crippen LogP contribution is 2.77. The van der Waals surface area contributed by atoms with Gasteiger partial charge >= 0.3 is 5.97 Å². The molecule has 6 heteroatoms. The van der Waals surface area contributed by atoms with E-state index in [2.05, 4.69) is 83.2 Å². The van der Waals surface area contributed by atoms with Crippen LogP contribution in [0.3, 0.4) is 0 Å². The Morgan fingerprint density at radius 1 is 0.887 bits per heavy atom. The number of fused-ring (bicyclic) bond motifs is 7. The Labute approximate surface area is 322 Å². The van der Waals surface area contributed by atoms with E-state index in [4.69, 9.17) is 4.74 Å². The Morgan fingerprint density at radius 2 is 1.53 bits per heavy atom. The van der Waals surface area contributed by atoms with Crippen molar-refractivity contribution in [2.75, 3.05) is 39.4 Å². The average molecular weight is 725 g/mol. The normalized spacial score (nSPS) is 36.5. The Morgan fingerprint density at radius 3 is 2.15 bits per heavy atom. The van der Waals surface area contributed by atoms with Crippen molar-refractivity contribution in [1.29, 1.82) is 0 Å². The molecule has 1 aromatic rings. The summed E-state index contributed by atoms with van der Waals surface area (Å²) in [6.45, 7) is 23.3. The van der Waals surface area contributed by atoms with Crippen LogP contribution in [0.2, 0.25) is 0 Å². The molecule has 0 bridgehead atoms. The molecule has 8 atom stereocenters. The molecule has 1 saturated heterocycles. The maximum Gasteiger partial charge on any atom is 0.335 e. The average Bonchev–Trinajstić information content (AvgIpc) is 3.60. The van der Waals surface area contributed by atoms with Crippen LogP contribution in [0.5, 0.6) is 0 Å². The number of nitrogens with zero attached hydrogens (tertiary/aromatic N) is 1. The molecule has 2 N–H and O–H groups in total. The lowest BCUT2D eigenvalue weighted by Gasteiger charge is -2.72. The quantitative estimate of drug-likeness (QED) is 0.226. The van der Waals surface area contributed by atoms with E-state index in [1.54, 1.807) is 18.2 Å². The summed E-state index contributed by atoms with van der Waals surface area (Å²) in [5.41, 5.74) is 3.53. The molecular formula is C47H68N2O4. The number of ether oxygens (including phenoxy) is 1. The lowest BCUT2D eigenvalue weighted by atomic mass is 9.32. The predicted octanol–water partition coefficient (Wildman–Crippen LogP) is 9.37. The molecule has 7 rings (SSSR count). The molecule has 3 unspecified atom stereocenters. The van der Waals surface area contributed by atoms with Gasteiger partial charge in [0, 0.05) is 26.2 Å². The number of carbonyl (C=O) groups excluding carboxylic acids is 1. The first-order valence-corrected chi connectivity index (χ1v) is 20.1. The lowest BCUT2D eigenvalue weighted by Crippen LogP contribution is -2.66. The number of hydrogen-bond acceptors (Lipinski definition) is 4. The fraction of sp³-hybridized carbons (Fsp3) is 0.660. The summed E-state index contributed by atoms with van der Waals surface area (Å²) in [7, 11) is 0. The van der Waals surface area contributed by atoms with Crippen molar-refractivity contribution in [3.63, 3.8) is 0 Å². The van der Waals surface area contributed by atoms with E-state index in [0.717, 1.165) is 58.7 Å². The van der Waals surface area contributed by atoms with Crippen molar-refractivity contribution in [2.24, 2.45) is 50.7 Å². The Kier molecular flexibility index (Phi) is 13.6. The second-order valence-corrected chi connectivity index (χ2v) is 17.9. The molecule has 1 aromatic carbocycles. The maximum absolute atomic E-state index is 14.1. The third kappa shape index (κ3) is 7.28. The number of hydrogen-bond donors (Lipinski definition) is 2. The number of rotatable bonds is 6. The molecule has 6 nitrogen and oxygen atoms in total. The van der Waals surface area contributed by atoms with Crippen molar-refractivity contribution in [3.05, 3.63) is 54.1 Å². The first kappa shape index (κ1) is 42.4. The Balaban J connectivity index is 0.000000841. The van der Waals surface area contributed by atoms with Gasteiger partial charge in [-0.1, -0.05) is 65.3 Å². The van der Waals surface area contributed by atoms with Gasteiger partial charge in [-0.2, -0.15) is 0 Å². The van der Waals surface area contributed by atoms with Gasteiger partial charge in [-0.3, -0.25) is 9.69 Å². The van der Waals surface area contributed by atoms with Crippen molar-refractivity contribution >= 4 is 17.4 Å². The number of allylic oxidation sites excluding steroid dienone is 3. The fourth-order valence-corrected chi connectivity index (χ4v) is 13.2. The number of amides is 1. The summed E-state index contributed by atoms with van der Waals surface area (Å²) in [5.74, 6) is 1.89. The summed E-state index contributed by atoms with van der Waals surface area (Å²) in [6, 6.07) is 7.57. The molecule has 6 aliphatic rings. The van der Waals surface area contributed by atoms with Crippen molar-refractivity contribution in [1.82, 2.24) is 10.2 Å². The van der Waals surface area contributed by atoms with E-state index < -0.39 is 5.97 Å². The molecule has 1 heterocycles. The molecule has 0 aromatic heterocycles. The van der Waals surface area contributed by atoms with E-state index in [1.807, 2.05) is 19.1 Å². The minimum atomic E-state index is -0.867. The third-order valence-electron chi connectivity index (χ3n) is 15.7. The SMILES string of the molecule is C#C.C#C.C=CC.CC1(C)C(c2ccc(C(=O)O)cc2)=CC[C@@]2(C)C1CC[C@]1(C)C2CC[C@@H]2C3CCC[C@]3(C(=O)NCCN3CCOCC3)CC[C@]21C. The minimum absolute atomic E-state index is 0.0172. The van der Waals surface area contributed by atoms with E-state index in [0.29, 0.717) is 35.1 Å². The highest BCUT2D eigenvalue weighted by molar-refractivity contribution is 5.88. The van der Waals surface area contributed by atoms with Crippen LogP contribution in [0.1, 0.15) is 122 Å². The first-order chi connectivity index (χ1) is 25.3. The van der Waals surface area contributed by atoms with Crippen LogP contribution < -0.4 is 5.32 Å². The van der Waals surface area contributed by atoms with Gasteiger partial charge in [-0.25, -0.2) is 4.79 Å². The predicted molar refractivity (Wildman–Crippen MR) is 218 cm³/mol. The van der Waals surface area contributed by atoms with Crippen LogP contribution in [0, 0.1) is 76.4 Å². The topological polar surface area (TPSA) is 78.9 Å². The van der Waals surface area contributed by atoms with Gasteiger partial charge in [-0.15, -0.1) is 32.3 Å². The summed E-state index contributed by atoms with van der Waals surface area (Å²) < 4.78 is 5.51. The summed E-state index contributed by atoms with van der Waals surface area (Å²) >= 11 is 0. The minimum Gasteiger partial charge on any atom is -0.478 e. The molecule has 4 saturated carbocycles. The third-order valence-corrected chi connectivity index (χ3v) is 15.7. The number of nitrogens with one attached hydrogen (secondary N) is 1. The number of terminal acetylenes is 2. The highest BCUT2D eigenvalue weighted by Gasteiger charge is 2.70. The van der Waals surface area contributed by atoms with Crippen molar-refractivity contribution < 1.29 is 19.4 Å². The highest BCUT2D eigenvalue weighted by atomic mass is 16.5. The molecular weight excluding hydrogens is 657 g/mol. The van der Waals surface area contributed by atoms with Gasteiger partial charge in [-0.05, 0) is 133 Å². The maximum atomic E-state index is 14.1. The zero-order chi connectivity index (χ0) is 39.2. The van der Waals surface area contributed by atoms with Gasteiger partial charge in [0.1, 0.15) is 0 Å². The number of carboxylic acids is 1. The monoisotopic (exact) mass is 725 g/mol. The molecule has 53 heavy (non-hydrogen) atoms. The summed E-state index contributed by atoms with van der Waals surface area (Å²) in [6.07, 6.45) is 32.1. The Bertz CT molecular complexity index is 1510. The molecule has 290 valence electrons. The smallest absolute Gasteiger partial charge is 0.335 e. The van der Waals surface area contributed by atoms with Crippen LogP contribution in [0.25, 0.3) is 5.57 Å². The van der Waals surface area contributed by atoms with E-state index in [1.165, 1.54) is 56.1 Å². The first-order valence-electron chi connectivity index (χ1n) is 20.1. The summed E-state index contributed by atoms with van der Waals surface area (Å²) in [5, 5.41) is 12.9. The largest absolute Gasteiger partial charge is 0.478 e. The van der Waals surface area contributed by atoms with Crippen LogP contribution in [0.4, 0.5) is 0 Å². The molecule has 0 radical (unpaired) electrons. The molecule has 1 aliphatic heterocycles. The van der Waals surface area contributed by atoms with Gasteiger partial charge in [0.2, 0.25) is 5.91 Å². The number of carbonyl (C=O) groups is 2. The van der Waals surface area contributed by atoms with Crippen LogP contribution in [-0.2, 0) is 9.53 Å². The Hall–Kier alpha value is -3.32. The van der Waals surface area contributed by atoms with Crippen LogP contribution in [-0.4, -0.2) is 61.3 Å². The lowest BCUT2D eigenvalue weighted by molar-refractivity contribution is -0.222. The van der Waals surface area contributed by atoms with Gasteiger partial charge in [0.25, 0.3) is 0 Å². The second kappa shape index (κ2) is 17.0. The standard InChI is InChI=1S/C40H58N2O4.C3H6.2C2H2/c1-36(2)29(27-8-10-28(11-9-27)34(43)44)14-17-37(3)32(36)15-18-39(5)33(37)13-12-30-31-7-6-16-40(31,20-19-38(30,39)4)35(45)41-21-22-42-23-25-46-26-24-42;1-3-2;2*1-2/h8-11,14,30-33H,6-7,12-13,15-26H2,1-5H3,(H,41,45)(H,43,44);3H,1H2,2H3;2*1-2H/t30-,31?,32?,33?,37+,38-,39-,40+;;;/m1.../s1. The molecule has 1 amide bonds. The fourth-order valence-electron chi connectivity index (χ4n) is 13.2. The number of aromatic carboxylic acids is 1. The zero-order valence-electron chi connectivity index (χ0n) is 33.7. The van der Waals surface area contributed by atoms with Crippen molar-refractivity contribution in [3.8, 4) is 25.7 Å². The number of carboxylic acid groups (broad SMARTS) is 1. The van der Waals surface area contributed by atoms with E-state index >= 15 is 0 Å². The van der Waals surface area contributed by atoms with Gasteiger partial charge in [0.15, 0.2) is 0 Å². The second-order valence-electron chi connectivity index (χ2n) is 17.9. The van der Waals surface area contributed by atoms with Crippen LogP contribution >= 0.6 is 0 Å². The zero-order valence-corrected chi connectivity index (χ0v) is 33.7. The van der Waals surface area contributed by atoms with Gasteiger partial charge < -0.3 is 15.2 Å². The van der Waals surface area contributed by atoms with Gasteiger partial charge in [0.05, 0.1) is 24.2 Å². The molecule has 5 fully saturated rings.